The Labute approximate surface area is 106 Å². The van der Waals surface area contributed by atoms with Crippen LogP contribution in [-0.4, -0.2) is 13.2 Å². The van der Waals surface area contributed by atoms with Gasteiger partial charge in [-0.2, -0.15) is 8.78 Å². The van der Waals surface area contributed by atoms with E-state index in [0.29, 0.717) is 5.75 Å². The summed E-state index contributed by atoms with van der Waals surface area (Å²) >= 11 is 0. The first-order valence-corrected chi connectivity index (χ1v) is 6.44. The molecule has 0 saturated carbocycles. The molecule has 1 heterocycles. The summed E-state index contributed by atoms with van der Waals surface area (Å²) < 4.78 is 29.5. The molecule has 1 aromatic carbocycles. The van der Waals surface area contributed by atoms with Crippen LogP contribution in [0.3, 0.4) is 0 Å². The summed E-state index contributed by atoms with van der Waals surface area (Å²) in [5, 5.41) is 3.46. The van der Waals surface area contributed by atoms with Crippen molar-refractivity contribution in [1.29, 1.82) is 0 Å². The molecule has 1 aliphatic rings. The Bertz CT molecular complexity index is 409. The van der Waals surface area contributed by atoms with Gasteiger partial charge in [-0.05, 0) is 24.0 Å². The third-order valence-electron chi connectivity index (χ3n) is 3.43. The Hall–Kier alpha value is -1.16. The van der Waals surface area contributed by atoms with Crippen LogP contribution in [0.5, 0.6) is 5.75 Å². The molecule has 2 rings (SSSR count). The number of benzene rings is 1. The fourth-order valence-electron chi connectivity index (χ4n) is 2.67. The molecule has 2 unspecified atom stereocenters. The Morgan fingerprint density at radius 1 is 1.44 bits per heavy atom. The summed E-state index contributed by atoms with van der Waals surface area (Å²) in [6.45, 7) is 2.20. The Kier molecular flexibility index (Phi) is 4.17. The number of fused-ring (bicyclic) bond motifs is 1. The van der Waals surface area contributed by atoms with Crippen LogP contribution in [0.15, 0.2) is 18.2 Å². The van der Waals surface area contributed by atoms with Crippen molar-refractivity contribution in [1.82, 2.24) is 5.32 Å². The molecule has 0 aliphatic carbocycles. The van der Waals surface area contributed by atoms with Gasteiger partial charge in [-0.1, -0.05) is 32.4 Å². The van der Waals surface area contributed by atoms with Crippen molar-refractivity contribution in [3.05, 3.63) is 29.3 Å². The van der Waals surface area contributed by atoms with Crippen molar-refractivity contribution in [3.8, 4) is 5.75 Å². The van der Waals surface area contributed by atoms with Gasteiger partial charge < -0.3 is 10.1 Å². The highest BCUT2D eigenvalue weighted by Gasteiger charge is 2.27. The average molecular weight is 255 g/mol. The molecule has 18 heavy (non-hydrogen) atoms. The van der Waals surface area contributed by atoms with Crippen LogP contribution in [-0.2, 0) is 0 Å². The number of ether oxygens (including phenoxy) is 1. The zero-order chi connectivity index (χ0) is 13.1. The maximum absolute atomic E-state index is 12.4. The molecule has 1 N–H and O–H groups in total. The molecule has 0 fully saturated rings. The van der Waals surface area contributed by atoms with Gasteiger partial charge in [0.1, 0.15) is 5.75 Å². The summed E-state index contributed by atoms with van der Waals surface area (Å²) in [5.74, 6) is 0.528. The van der Waals surface area contributed by atoms with Crippen LogP contribution in [0.4, 0.5) is 8.78 Å². The van der Waals surface area contributed by atoms with E-state index < -0.39 is 6.61 Å². The predicted octanol–water partition coefficient (Wildman–Crippen LogP) is 3.84. The SMILES string of the molecule is CCCC1NCC(C)c2c(OC(F)F)cccc21. The van der Waals surface area contributed by atoms with Crippen LogP contribution >= 0.6 is 0 Å². The van der Waals surface area contributed by atoms with Gasteiger partial charge in [0.25, 0.3) is 0 Å². The Morgan fingerprint density at radius 2 is 2.22 bits per heavy atom. The van der Waals surface area contributed by atoms with Gasteiger partial charge in [-0.15, -0.1) is 0 Å². The third-order valence-corrected chi connectivity index (χ3v) is 3.43. The van der Waals surface area contributed by atoms with Crippen LogP contribution in [0.2, 0.25) is 0 Å². The Balaban J connectivity index is 2.38. The number of halogens is 2. The minimum atomic E-state index is -2.76. The second-order valence-corrected chi connectivity index (χ2v) is 4.79. The molecule has 0 amide bonds. The van der Waals surface area contributed by atoms with E-state index in [1.54, 1.807) is 12.1 Å². The summed E-state index contributed by atoms with van der Waals surface area (Å²) in [6, 6.07) is 5.69. The van der Waals surface area contributed by atoms with Crippen molar-refractivity contribution in [2.75, 3.05) is 6.54 Å². The van der Waals surface area contributed by atoms with E-state index >= 15 is 0 Å². The maximum Gasteiger partial charge on any atom is 0.387 e. The molecule has 1 aliphatic heterocycles. The molecule has 0 saturated heterocycles. The minimum Gasteiger partial charge on any atom is -0.435 e. The lowest BCUT2D eigenvalue weighted by Gasteiger charge is -2.32. The summed E-state index contributed by atoms with van der Waals surface area (Å²) in [7, 11) is 0. The van der Waals surface area contributed by atoms with Crippen molar-refractivity contribution >= 4 is 0 Å². The lowest BCUT2D eigenvalue weighted by atomic mass is 9.85. The lowest BCUT2D eigenvalue weighted by molar-refractivity contribution is -0.0507. The second-order valence-electron chi connectivity index (χ2n) is 4.79. The molecule has 0 bridgehead atoms. The van der Waals surface area contributed by atoms with Gasteiger partial charge in [0.2, 0.25) is 0 Å². The van der Waals surface area contributed by atoms with E-state index in [0.717, 1.165) is 30.5 Å². The molecular weight excluding hydrogens is 236 g/mol. The quantitative estimate of drug-likeness (QED) is 0.882. The number of alkyl halides is 2. The van der Waals surface area contributed by atoms with Crippen molar-refractivity contribution in [2.45, 2.75) is 45.3 Å². The second kappa shape index (κ2) is 5.65. The molecule has 2 nitrogen and oxygen atoms in total. The van der Waals surface area contributed by atoms with Gasteiger partial charge in [-0.25, -0.2) is 0 Å². The maximum atomic E-state index is 12.4. The lowest BCUT2D eigenvalue weighted by Crippen LogP contribution is -2.32. The smallest absolute Gasteiger partial charge is 0.387 e. The van der Waals surface area contributed by atoms with Crippen LogP contribution < -0.4 is 10.1 Å². The standard InChI is InChI=1S/C14H19F2NO/c1-3-5-11-10-6-4-7-12(18-14(15)16)13(10)9(2)8-17-11/h4,6-7,9,11,14,17H,3,5,8H2,1-2H3. The molecule has 100 valence electrons. The average Bonchev–Trinajstić information content (AvgIpc) is 2.32. The van der Waals surface area contributed by atoms with Gasteiger partial charge in [0.05, 0.1) is 0 Å². The zero-order valence-electron chi connectivity index (χ0n) is 10.7. The summed E-state index contributed by atoms with van der Waals surface area (Å²) in [5.41, 5.74) is 2.05. The van der Waals surface area contributed by atoms with Crippen molar-refractivity contribution in [3.63, 3.8) is 0 Å². The highest BCUT2D eigenvalue weighted by atomic mass is 19.3. The van der Waals surface area contributed by atoms with E-state index in [1.165, 1.54) is 0 Å². The summed E-state index contributed by atoms with van der Waals surface area (Å²) in [4.78, 5) is 0. The van der Waals surface area contributed by atoms with Crippen LogP contribution in [0, 0.1) is 0 Å². The minimum absolute atomic E-state index is 0.197. The van der Waals surface area contributed by atoms with E-state index in [9.17, 15) is 8.78 Å². The number of hydrogen-bond acceptors (Lipinski definition) is 2. The first-order valence-electron chi connectivity index (χ1n) is 6.44. The fourth-order valence-corrected chi connectivity index (χ4v) is 2.67. The van der Waals surface area contributed by atoms with Gasteiger partial charge in [-0.3, -0.25) is 0 Å². The topological polar surface area (TPSA) is 21.3 Å². The molecule has 4 heteroatoms. The number of hydrogen-bond donors (Lipinski definition) is 1. The van der Waals surface area contributed by atoms with Gasteiger partial charge >= 0.3 is 6.61 Å². The molecular formula is C14H19F2NO. The number of rotatable bonds is 4. The molecule has 2 atom stereocenters. The predicted molar refractivity (Wildman–Crippen MR) is 67.1 cm³/mol. The molecule has 0 aromatic heterocycles. The van der Waals surface area contributed by atoms with E-state index in [4.69, 9.17) is 0 Å². The van der Waals surface area contributed by atoms with Crippen molar-refractivity contribution < 1.29 is 13.5 Å². The molecule has 0 spiro atoms. The zero-order valence-corrected chi connectivity index (χ0v) is 10.7. The van der Waals surface area contributed by atoms with E-state index in [1.807, 2.05) is 13.0 Å². The van der Waals surface area contributed by atoms with E-state index in [2.05, 4.69) is 17.0 Å². The molecule has 0 radical (unpaired) electrons. The first-order chi connectivity index (χ1) is 8.63. The van der Waals surface area contributed by atoms with Crippen LogP contribution in [0.1, 0.15) is 49.8 Å². The monoisotopic (exact) mass is 255 g/mol. The third kappa shape index (κ3) is 2.64. The highest BCUT2D eigenvalue weighted by molar-refractivity contribution is 5.46. The summed E-state index contributed by atoms with van der Waals surface area (Å²) in [6.07, 6.45) is 2.07. The van der Waals surface area contributed by atoms with E-state index in [-0.39, 0.29) is 12.0 Å². The first kappa shape index (κ1) is 13.3. The largest absolute Gasteiger partial charge is 0.435 e. The Morgan fingerprint density at radius 3 is 2.89 bits per heavy atom. The molecule has 1 aromatic rings. The van der Waals surface area contributed by atoms with Gasteiger partial charge in [0.15, 0.2) is 0 Å². The fraction of sp³-hybridized carbons (Fsp3) is 0.571. The highest BCUT2D eigenvalue weighted by Crippen LogP contribution is 2.38. The van der Waals surface area contributed by atoms with Gasteiger partial charge in [0, 0.05) is 18.2 Å². The van der Waals surface area contributed by atoms with Crippen molar-refractivity contribution in [2.24, 2.45) is 0 Å². The number of nitrogens with one attached hydrogen (secondary N) is 1. The normalized spacial score (nSPS) is 22.9. The van der Waals surface area contributed by atoms with Crippen LogP contribution in [0.25, 0.3) is 0 Å².